The number of halogens is 2. The molecule has 33 heavy (non-hydrogen) atoms. The molecule has 7 nitrogen and oxygen atoms in total. The first-order valence-corrected chi connectivity index (χ1v) is 11.2. The molecule has 1 atom stereocenters. The molecule has 4 rings (SSSR count). The fourth-order valence-electron chi connectivity index (χ4n) is 3.68. The molecule has 1 aliphatic rings. The van der Waals surface area contributed by atoms with E-state index in [0.717, 1.165) is 4.90 Å². The maximum atomic E-state index is 13.2. The number of thiophene rings is 1. The highest BCUT2D eigenvalue weighted by molar-refractivity contribution is 7.10. The number of rotatable bonds is 5. The number of ether oxygens (including phenoxy) is 2. The maximum absolute atomic E-state index is 13.2. The van der Waals surface area contributed by atoms with Crippen LogP contribution in [0.3, 0.4) is 0 Å². The molecule has 1 fully saturated rings. The molecule has 10 heteroatoms. The van der Waals surface area contributed by atoms with Gasteiger partial charge in [-0.25, -0.2) is 0 Å². The Morgan fingerprint density at radius 1 is 1.06 bits per heavy atom. The number of phenolic OH excluding ortho intramolecular Hbond substituents is 1. The number of nitrogens with zero attached hydrogens (tertiary/aromatic N) is 1. The quantitative estimate of drug-likeness (QED) is 0.273. The highest BCUT2D eigenvalue weighted by atomic mass is 35.5. The van der Waals surface area contributed by atoms with Crippen LogP contribution in [0.4, 0.5) is 5.69 Å². The molecular formula is C23H17Cl2NO6S. The largest absolute Gasteiger partial charge is 0.507 e. The lowest BCUT2D eigenvalue weighted by atomic mass is 9.99. The van der Waals surface area contributed by atoms with Crippen molar-refractivity contribution in [3.8, 4) is 17.2 Å². The van der Waals surface area contributed by atoms with E-state index in [2.05, 4.69) is 0 Å². The van der Waals surface area contributed by atoms with E-state index in [4.69, 9.17) is 32.7 Å². The van der Waals surface area contributed by atoms with Gasteiger partial charge in [0.2, 0.25) is 0 Å². The molecule has 0 aliphatic carbocycles. The van der Waals surface area contributed by atoms with E-state index in [1.165, 1.54) is 55.9 Å². The first kappa shape index (κ1) is 23.0. The molecule has 1 saturated heterocycles. The predicted molar refractivity (Wildman–Crippen MR) is 127 cm³/mol. The van der Waals surface area contributed by atoms with Gasteiger partial charge in [0, 0.05) is 16.0 Å². The van der Waals surface area contributed by atoms with E-state index in [9.17, 15) is 19.8 Å². The topological polar surface area (TPSA) is 96.3 Å². The first-order valence-electron chi connectivity index (χ1n) is 9.53. The van der Waals surface area contributed by atoms with Gasteiger partial charge >= 0.3 is 0 Å². The van der Waals surface area contributed by atoms with Gasteiger partial charge in [-0.2, -0.15) is 0 Å². The van der Waals surface area contributed by atoms with Crippen molar-refractivity contribution in [3.63, 3.8) is 0 Å². The van der Waals surface area contributed by atoms with Gasteiger partial charge in [0.25, 0.3) is 11.7 Å². The standard InChI is InChI=1S/C23H17Cl2NO6S/c1-31-16-10-13(25)17(32-2)9-12(16)21(28)19-20(18-4-3-7-33-18)26(23(30)22(19)29)14-8-11(24)5-6-15(14)27/h3-10,20,27-28H,1-2H3/b21-19+. The van der Waals surface area contributed by atoms with E-state index < -0.39 is 23.5 Å². The Hall–Kier alpha value is -3.20. The molecule has 1 amide bonds. The van der Waals surface area contributed by atoms with Crippen molar-refractivity contribution in [2.24, 2.45) is 0 Å². The van der Waals surface area contributed by atoms with E-state index in [1.54, 1.807) is 17.5 Å². The van der Waals surface area contributed by atoms with Gasteiger partial charge in [-0.15, -0.1) is 11.3 Å². The van der Waals surface area contributed by atoms with Crippen LogP contribution in [0, 0.1) is 0 Å². The molecule has 1 aromatic heterocycles. The van der Waals surface area contributed by atoms with Gasteiger partial charge in [0.05, 0.1) is 36.1 Å². The number of anilines is 1. The second-order valence-corrected chi connectivity index (χ2v) is 8.83. The van der Waals surface area contributed by atoms with Crippen LogP contribution >= 0.6 is 34.5 Å². The molecule has 0 radical (unpaired) electrons. The zero-order chi connectivity index (χ0) is 23.9. The summed E-state index contributed by atoms with van der Waals surface area (Å²) in [6.45, 7) is 0. The number of aromatic hydroxyl groups is 1. The molecule has 1 unspecified atom stereocenters. The number of aliphatic hydroxyl groups is 1. The monoisotopic (exact) mass is 505 g/mol. The molecule has 170 valence electrons. The highest BCUT2D eigenvalue weighted by Crippen LogP contribution is 2.47. The summed E-state index contributed by atoms with van der Waals surface area (Å²) in [7, 11) is 2.79. The average molecular weight is 506 g/mol. The number of aliphatic hydroxyl groups excluding tert-OH is 1. The molecule has 2 heterocycles. The minimum Gasteiger partial charge on any atom is -0.507 e. The number of hydrogen-bond acceptors (Lipinski definition) is 7. The van der Waals surface area contributed by atoms with Gasteiger partial charge in [-0.3, -0.25) is 14.5 Å². The molecule has 3 aromatic rings. The van der Waals surface area contributed by atoms with Crippen LogP contribution < -0.4 is 14.4 Å². The number of benzene rings is 2. The van der Waals surface area contributed by atoms with E-state index in [1.807, 2.05) is 0 Å². The summed E-state index contributed by atoms with van der Waals surface area (Å²) in [5.41, 5.74) is -0.0131. The number of carbonyl (C=O) groups excluding carboxylic acids is 2. The summed E-state index contributed by atoms with van der Waals surface area (Å²) < 4.78 is 10.6. The van der Waals surface area contributed by atoms with E-state index in [-0.39, 0.29) is 44.1 Å². The fourth-order valence-corrected chi connectivity index (χ4v) is 4.90. The Balaban J connectivity index is 2.00. The Kier molecular flexibility index (Phi) is 6.25. The smallest absolute Gasteiger partial charge is 0.300 e. The predicted octanol–water partition coefficient (Wildman–Crippen LogP) is 5.40. The van der Waals surface area contributed by atoms with Crippen LogP contribution in [0.1, 0.15) is 16.5 Å². The minimum atomic E-state index is -1.01. The third kappa shape index (κ3) is 3.90. The Morgan fingerprint density at radius 3 is 2.42 bits per heavy atom. The van der Waals surface area contributed by atoms with Gasteiger partial charge in [-0.1, -0.05) is 29.3 Å². The molecule has 2 aromatic carbocycles. The number of carbonyl (C=O) groups is 2. The summed E-state index contributed by atoms with van der Waals surface area (Å²) in [4.78, 5) is 28.1. The van der Waals surface area contributed by atoms with Crippen LogP contribution in [0.5, 0.6) is 17.2 Å². The number of ketones is 1. The first-order chi connectivity index (χ1) is 15.8. The van der Waals surface area contributed by atoms with Crippen molar-refractivity contribution in [2.75, 3.05) is 19.1 Å². The van der Waals surface area contributed by atoms with Crippen LogP contribution in [-0.4, -0.2) is 36.1 Å². The summed E-state index contributed by atoms with van der Waals surface area (Å²) in [6, 6.07) is 9.50. The summed E-state index contributed by atoms with van der Waals surface area (Å²) in [5.74, 6) is -2.14. The summed E-state index contributed by atoms with van der Waals surface area (Å²) >= 11 is 13.6. The van der Waals surface area contributed by atoms with Gasteiger partial charge < -0.3 is 19.7 Å². The van der Waals surface area contributed by atoms with Crippen LogP contribution in [-0.2, 0) is 9.59 Å². The lowest BCUT2D eigenvalue weighted by molar-refractivity contribution is -0.132. The number of hydrogen-bond donors (Lipinski definition) is 2. The van der Waals surface area contributed by atoms with Crippen molar-refractivity contribution in [3.05, 3.63) is 73.9 Å². The minimum absolute atomic E-state index is 0.0442. The maximum Gasteiger partial charge on any atom is 0.300 e. The van der Waals surface area contributed by atoms with Crippen molar-refractivity contribution in [1.29, 1.82) is 0 Å². The molecular weight excluding hydrogens is 489 g/mol. The lowest BCUT2D eigenvalue weighted by Gasteiger charge is -2.25. The number of methoxy groups -OCH3 is 2. The molecule has 1 aliphatic heterocycles. The Morgan fingerprint density at radius 2 is 1.79 bits per heavy atom. The number of amides is 1. The number of phenols is 1. The number of Topliss-reactive ketones (excluding diaryl/α,β-unsaturated/α-hetero) is 1. The average Bonchev–Trinajstić information content (AvgIpc) is 3.42. The normalized spacial score (nSPS) is 17.5. The SMILES string of the molecule is COc1cc(/C(O)=C2\C(=O)C(=O)N(c3cc(Cl)ccc3O)C2c2cccs2)c(OC)cc1Cl. The lowest BCUT2D eigenvalue weighted by Crippen LogP contribution is -2.29. The molecule has 0 bridgehead atoms. The third-order valence-electron chi connectivity index (χ3n) is 5.18. The van der Waals surface area contributed by atoms with Crippen LogP contribution in [0.25, 0.3) is 5.76 Å². The van der Waals surface area contributed by atoms with Gasteiger partial charge in [0.1, 0.15) is 29.0 Å². The van der Waals surface area contributed by atoms with Crippen molar-refractivity contribution < 1.29 is 29.3 Å². The van der Waals surface area contributed by atoms with Gasteiger partial charge in [-0.05, 0) is 35.7 Å². The third-order valence-corrected chi connectivity index (χ3v) is 6.64. The van der Waals surface area contributed by atoms with Crippen LogP contribution in [0.2, 0.25) is 10.0 Å². The van der Waals surface area contributed by atoms with Crippen molar-refractivity contribution in [2.45, 2.75) is 6.04 Å². The molecule has 0 spiro atoms. The highest BCUT2D eigenvalue weighted by Gasteiger charge is 2.48. The zero-order valence-corrected chi connectivity index (χ0v) is 19.7. The second-order valence-electron chi connectivity index (χ2n) is 7.00. The fraction of sp³-hybridized carbons (Fsp3) is 0.130. The summed E-state index contributed by atoms with van der Waals surface area (Å²) in [6.07, 6.45) is 0. The van der Waals surface area contributed by atoms with E-state index >= 15 is 0 Å². The molecule has 0 saturated carbocycles. The Labute approximate surface area is 203 Å². The Bertz CT molecular complexity index is 1290. The van der Waals surface area contributed by atoms with Crippen LogP contribution in [0.15, 0.2) is 53.4 Å². The molecule has 2 N–H and O–H groups in total. The van der Waals surface area contributed by atoms with E-state index in [0.29, 0.717) is 4.88 Å². The summed E-state index contributed by atoms with van der Waals surface area (Å²) in [5, 5.41) is 24.0. The zero-order valence-electron chi connectivity index (χ0n) is 17.3. The second kappa shape index (κ2) is 8.97. The van der Waals surface area contributed by atoms with Gasteiger partial charge in [0.15, 0.2) is 0 Å². The van der Waals surface area contributed by atoms with Crippen molar-refractivity contribution >= 4 is 57.7 Å². The van der Waals surface area contributed by atoms with Crippen molar-refractivity contribution in [1.82, 2.24) is 0 Å².